The summed E-state index contributed by atoms with van der Waals surface area (Å²) in [6, 6.07) is 15.2. The number of amides is 1. The van der Waals surface area contributed by atoms with Crippen LogP contribution in [0.3, 0.4) is 0 Å². The fourth-order valence-corrected chi connectivity index (χ4v) is 3.66. The van der Waals surface area contributed by atoms with E-state index in [9.17, 15) is 4.79 Å². The monoisotopic (exact) mass is 422 g/mol. The molecule has 2 N–H and O–H groups in total. The van der Waals surface area contributed by atoms with E-state index in [1.807, 2.05) is 53.5 Å². The Morgan fingerprint density at radius 1 is 1.06 bits per heavy atom. The van der Waals surface area contributed by atoms with E-state index in [1.54, 1.807) is 25.1 Å². The number of nitrogens with zero attached hydrogens (tertiary/aromatic N) is 3. The van der Waals surface area contributed by atoms with Crippen LogP contribution in [0.5, 0.6) is 11.5 Å². The van der Waals surface area contributed by atoms with Gasteiger partial charge < -0.3 is 14.4 Å². The Morgan fingerprint density at radius 3 is 2.48 bits per heavy atom. The van der Waals surface area contributed by atoms with Crippen LogP contribution in [0, 0.1) is 0 Å². The molecule has 1 amide bonds. The van der Waals surface area contributed by atoms with Crippen molar-refractivity contribution in [2.45, 2.75) is 0 Å². The zero-order valence-corrected chi connectivity index (χ0v) is 18.1. The van der Waals surface area contributed by atoms with Crippen LogP contribution in [-0.2, 0) is 0 Å². The van der Waals surface area contributed by atoms with Crippen molar-refractivity contribution in [3.8, 4) is 28.4 Å². The van der Waals surface area contributed by atoms with E-state index < -0.39 is 0 Å². The third-order valence-corrected chi connectivity index (χ3v) is 5.52. The molecule has 8 nitrogen and oxygen atoms in total. The summed E-state index contributed by atoms with van der Waals surface area (Å²) in [5, 5.41) is 6.73. The number of hydrogen-bond acceptors (Lipinski definition) is 5. The molecule has 1 aromatic heterocycles. The minimum absolute atomic E-state index is 0.193. The van der Waals surface area contributed by atoms with Crippen molar-refractivity contribution in [2.75, 3.05) is 47.4 Å². The molecular weight excluding hydrogens is 394 g/mol. The molecule has 0 saturated carbocycles. The van der Waals surface area contributed by atoms with Crippen LogP contribution in [-0.4, -0.2) is 68.1 Å². The minimum Gasteiger partial charge on any atom is -0.497 e. The molecule has 1 saturated heterocycles. The summed E-state index contributed by atoms with van der Waals surface area (Å²) >= 11 is 0. The topological polar surface area (TPSA) is 73.1 Å². The van der Waals surface area contributed by atoms with E-state index in [0.717, 1.165) is 31.9 Å². The van der Waals surface area contributed by atoms with Crippen molar-refractivity contribution < 1.29 is 19.2 Å². The maximum atomic E-state index is 13.3. The first-order valence-electron chi connectivity index (χ1n) is 10.3. The standard InChI is InChI=1S/C23H27N5O3/c1-26-11-13-27(14-12-26)25-23(29)20-16-28(17-7-5-4-6-8-17)24-22(20)19-15-18(30-2)9-10-21(19)31-3/h4-10,15-16H,11-14H2,1-3H3,(H,25,29)/p+1. The van der Waals surface area contributed by atoms with Gasteiger partial charge in [-0.1, -0.05) is 18.2 Å². The van der Waals surface area contributed by atoms with Crippen molar-refractivity contribution >= 4 is 5.91 Å². The van der Waals surface area contributed by atoms with Gasteiger partial charge in [-0.05, 0) is 30.3 Å². The van der Waals surface area contributed by atoms with Gasteiger partial charge in [-0.2, -0.15) is 5.10 Å². The fraction of sp³-hybridized carbons (Fsp3) is 0.304. The Hall–Kier alpha value is -3.36. The summed E-state index contributed by atoms with van der Waals surface area (Å²) in [7, 11) is 5.37. The quantitative estimate of drug-likeness (QED) is 0.621. The molecule has 0 bridgehead atoms. The van der Waals surface area contributed by atoms with Gasteiger partial charge in [-0.25, -0.2) is 9.69 Å². The normalized spacial score (nSPS) is 14.9. The lowest BCUT2D eigenvalue weighted by Gasteiger charge is -2.30. The first-order valence-corrected chi connectivity index (χ1v) is 10.3. The first kappa shape index (κ1) is 20.9. The molecular formula is C23H28N5O3+. The van der Waals surface area contributed by atoms with Crippen LogP contribution in [0.25, 0.3) is 16.9 Å². The molecule has 0 radical (unpaired) electrons. The molecule has 8 heteroatoms. The number of likely N-dealkylation sites (N-methyl/N-ethyl adjacent to an activating group) is 1. The number of aromatic nitrogens is 2. The number of nitrogens with one attached hydrogen (secondary N) is 2. The van der Waals surface area contributed by atoms with E-state index in [0.29, 0.717) is 28.3 Å². The van der Waals surface area contributed by atoms with Crippen LogP contribution in [0.4, 0.5) is 0 Å². The Kier molecular flexibility index (Phi) is 6.20. The van der Waals surface area contributed by atoms with Crippen LogP contribution in [0.2, 0.25) is 0 Å². The highest BCUT2D eigenvalue weighted by atomic mass is 16.5. The lowest BCUT2D eigenvalue weighted by Crippen LogP contribution is -3.12. The molecule has 0 aliphatic carbocycles. The third-order valence-electron chi connectivity index (χ3n) is 5.52. The molecule has 1 fully saturated rings. The summed E-state index contributed by atoms with van der Waals surface area (Å²) in [6.45, 7) is 3.59. The molecule has 31 heavy (non-hydrogen) atoms. The molecule has 2 aromatic carbocycles. The lowest BCUT2D eigenvalue weighted by atomic mass is 10.1. The van der Waals surface area contributed by atoms with Gasteiger partial charge in [-0.15, -0.1) is 0 Å². The summed E-state index contributed by atoms with van der Waals surface area (Å²) < 4.78 is 12.7. The molecule has 0 atom stereocenters. The average molecular weight is 423 g/mol. The van der Waals surface area contributed by atoms with Crippen LogP contribution in [0.1, 0.15) is 10.4 Å². The molecule has 1 aliphatic rings. The lowest BCUT2D eigenvalue weighted by molar-refractivity contribution is -0.884. The highest BCUT2D eigenvalue weighted by Gasteiger charge is 2.25. The van der Waals surface area contributed by atoms with Crippen LogP contribution in [0.15, 0.2) is 54.7 Å². The molecule has 162 valence electrons. The van der Waals surface area contributed by atoms with Gasteiger partial charge in [0.1, 0.15) is 17.2 Å². The second kappa shape index (κ2) is 9.20. The molecule has 1 aliphatic heterocycles. The zero-order valence-electron chi connectivity index (χ0n) is 18.1. The number of carbonyl (C=O) groups excluding carboxylic acids is 1. The molecule has 0 spiro atoms. The van der Waals surface area contributed by atoms with Gasteiger partial charge >= 0.3 is 0 Å². The summed E-state index contributed by atoms with van der Waals surface area (Å²) in [4.78, 5) is 14.8. The number of benzene rings is 2. The van der Waals surface area contributed by atoms with E-state index in [4.69, 9.17) is 14.6 Å². The number of piperazine rings is 1. The van der Waals surface area contributed by atoms with Crippen LogP contribution < -0.4 is 19.8 Å². The third kappa shape index (κ3) is 4.55. The maximum absolute atomic E-state index is 13.3. The number of para-hydroxylation sites is 1. The fourth-order valence-electron chi connectivity index (χ4n) is 3.66. The SMILES string of the molecule is COc1ccc(OC)c(-c2nn(-c3ccccc3)cc2C(=O)NN2CC[NH+](C)CC2)c1. The zero-order chi connectivity index (χ0) is 21.8. The highest BCUT2D eigenvalue weighted by molar-refractivity contribution is 6.00. The van der Waals surface area contributed by atoms with E-state index in [2.05, 4.69) is 12.5 Å². The van der Waals surface area contributed by atoms with E-state index in [-0.39, 0.29) is 5.91 Å². The Balaban J connectivity index is 1.75. The Labute approximate surface area is 181 Å². The van der Waals surface area contributed by atoms with E-state index in [1.165, 1.54) is 4.90 Å². The number of carbonyl (C=O) groups is 1. The van der Waals surface area contributed by atoms with Crippen molar-refractivity contribution in [3.63, 3.8) is 0 Å². The maximum Gasteiger partial charge on any atom is 0.269 e. The van der Waals surface area contributed by atoms with Gasteiger partial charge in [-0.3, -0.25) is 10.2 Å². The summed E-state index contributed by atoms with van der Waals surface area (Å²) in [5.41, 5.74) is 5.63. The minimum atomic E-state index is -0.193. The first-order chi connectivity index (χ1) is 15.1. The number of quaternary nitrogens is 1. The van der Waals surface area contributed by atoms with Crippen molar-refractivity contribution in [1.82, 2.24) is 20.2 Å². The molecule has 2 heterocycles. The largest absolute Gasteiger partial charge is 0.497 e. The van der Waals surface area contributed by atoms with Crippen molar-refractivity contribution in [2.24, 2.45) is 0 Å². The molecule has 0 unspecified atom stereocenters. The predicted octanol–water partition coefficient (Wildman–Crippen LogP) is 1.03. The van der Waals surface area contributed by atoms with Crippen LogP contribution >= 0.6 is 0 Å². The van der Waals surface area contributed by atoms with Gasteiger partial charge in [0, 0.05) is 11.8 Å². The number of hydrazine groups is 1. The van der Waals surface area contributed by atoms with Gasteiger partial charge in [0.2, 0.25) is 0 Å². The number of methoxy groups -OCH3 is 2. The molecule has 3 aromatic rings. The Bertz CT molecular complexity index is 1040. The average Bonchev–Trinajstić information content (AvgIpc) is 3.26. The summed E-state index contributed by atoms with van der Waals surface area (Å²) in [5.74, 6) is 1.09. The van der Waals surface area contributed by atoms with E-state index >= 15 is 0 Å². The van der Waals surface area contributed by atoms with Crippen molar-refractivity contribution in [1.29, 1.82) is 0 Å². The number of hydrogen-bond donors (Lipinski definition) is 2. The van der Waals surface area contributed by atoms with Gasteiger partial charge in [0.05, 0.1) is 58.7 Å². The second-order valence-corrected chi connectivity index (χ2v) is 7.62. The van der Waals surface area contributed by atoms with Gasteiger partial charge in [0.15, 0.2) is 0 Å². The Morgan fingerprint density at radius 2 is 1.81 bits per heavy atom. The predicted molar refractivity (Wildman–Crippen MR) is 118 cm³/mol. The smallest absolute Gasteiger partial charge is 0.269 e. The number of ether oxygens (including phenoxy) is 2. The second-order valence-electron chi connectivity index (χ2n) is 7.62. The molecule has 4 rings (SSSR count). The van der Waals surface area contributed by atoms with Crippen molar-refractivity contribution in [3.05, 3.63) is 60.3 Å². The van der Waals surface area contributed by atoms with Gasteiger partial charge in [0.25, 0.3) is 5.91 Å². The number of rotatable bonds is 6. The highest BCUT2D eigenvalue weighted by Crippen LogP contribution is 2.35. The summed E-state index contributed by atoms with van der Waals surface area (Å²) in [6.07, 6.45) is 1.76.